The molecule has 0 amide bonds. The number of halogens is 2. The molecule has 0 saturated carbocycles. The molecule has 1 aromatic rings. The summed E-state index contributed by atoms with van der Waals surface area (Å²) in [5.74, 6) is -0.262. The summed E-state index contributed by atoms with van der Waals surface area (Å²) >= 11 is 5.50. The highest BCUT2D eigenvalue weighted by molar-refractivity contribution is 7.89. The number of rotatable bonds is 6. The summed E-state index contributed by atoms with van der Waals surface area (Å²) in [7, 11) is -3.41. The van der Waals surface area contributed by atoms with E-state index in [1.807, 2.05) is 0 Å². The van der Waals surface area contributed by atoms with E-state index < -0.39 is 15.8 Å². The summed E-state index contributed by atoms with van der Waals surface area (Å²) in [6.07, 6.45) is 0.940. The maximum atomic E-state index is 13.0. The van der Waals surface area contributed by atoms with Gasteiger partial charge < -0.3 is 4.74 Å². The molecule has 0 aliphatic heterocycles. The molecule has 0 spiro atoms. The molecule has 1 rings (SSSR count). The van der Waals surface area contributed by atoms with E-state index in [-0.39, 0.29) is 10.8 Å². The van der Waals surface area contributed by atoms with Crippen LogP contribution in [0.4, 0.5) is 4.39 Å². The average molecular weight is 282 g/mol. The zero-order valence-corrected chi connectivity index (χ0v) is 10.6. The maximum absolute atomic E-state index is 13.0. The summed E-state index contributed by atoms with van der Waals surface area (Å²) in [6, 6.07) is 4.13. The zero-order valence-electron chi connectivity index (χ0n) is 9.03. The van der Waals surface area contributed by atoms with E-state index in [2.05, 4.69) is 0 Å². The minimum atomic E-state index is -3.41. The van der Waals surface area contributed by atoms with Crippen LogP contribution in [0.1, 0.15) is 12.8 Å². The van der Waals surface area contributed by atoms with Crippen LogP contribution >= 0.6 is 11.6 Å². The Balaban J connectivity index is 2.29. The molecule has 0 heterocycles. The van der Waals surface area contributed by atoms with Crippen molar-refractivity contribution in [1.29, 1.82) is 0 Å². The molecule has 0 unspecified atom stereocenters. The lowest BCUT2D eigenvalue weighted by atomic mass is 10.3. The van der Waals surface area contributed by atoms with Crippen LogP contribution in [0.2, 0.25) is 5.02 Å². The van der Waals surface area contributed by atoms with Crippen molar-refractivity contribution in [2.75, 3.05) is 12.4 Å². The van der Waals surface area contributed by atoms with Crippen LogP contribution < -0.4 is 9.88 Å². The third-order valence-corrected chi connectivity index (χ3v) is 3.15. The summed E-state index contributed by atoms with van der Waals surface area (Å²) < 4.78 is 39.5. The molecule has 2 N–H and O–H groups in total. The van der Waals surface area contributed by atoms with Crippen molar-refractivity contribution in [2.45, 2.75) is 12.8 Å². The van der Waals surface area contributed by atoms with Crippen molar-refractivity contribution in [2.24, 2.45) is 5.14 Å². The Bertz CT molecular complexity index is 478. The fourth-order valence-electron chi connectivity index (χ4n) is 1.16. The standard InChI is InChI=1S/C10H13ClFNO3S/c11-9-4-3-8(7-10(9)12)16-5-1-2-6-17(13,14)15/h3-4,7H,1-2,5-6H2,(H2,13,14,15). The van der Waals surface area contributed by atoms with Gasteiger partial charge in [0, 0.05) is 6.07 Å². The van der Waals surface area contributed by atoms with E-state index in [1.54, 1.807) is 6.07 Å². The lowest BCUT2D eigenvalue weighted by Gasteiger charge is -2.06. The summed E-state index contributed by atoms with van der Waals surface area (Å²) in [5.41, 5.74) is 0. The molecule has 0 aromatic heterocycles. The number of ether oxygens (including phenoxy) is 1. The topological polar surface area (TPSA) is 69.4 Å². The van der Waals surface area contributed by atoms with Crippen LogP contribution in [-0.4, -0.2) is 20.8 Å². The highest BCUT2D eigenvalue weighted by Gasteiger charge is 2.03. The Morgan fingerprint density at radius 2 is 2.06 bits per heavy atom. The molecule has 0 atom stereocenters. The monoisotopic (exact) mass is 281 g/mol. The van der Waals surface area contributed by atoms with E-state index in [9.17, 15) is 12.8 Å². The summed E-state index contributed by atoms with van der Waals surface area (Å²) in [6.45, 7) is 0.302. The molecule has 7 heteroatoms. The SMILES string of the molecule is NS(=O)(=O)CCCCOc1ccc(Cl)c(F)c1. The van der Waals surface area contributed by atoms with E-state index in [1.165, 1.54) is 12.1 Å². The summed E-state index contributed by atoms with van der Waals surface area (Å²) in [5, 5.41) is 4.87. The van der Waals surface area contributed by atoms with Gasteiger partial charge in [-0.1, -0.05) is 11.6 Å². The molecule has 0 aliphatic rings. The van der Waals surface area contributed by atoms with Gasteiger partial charge in [-0.25, -0.2) is 17.9 Å². The first kappa shape index (κ1) is 14.2. The van der Waals surface area contributed by atoms with Crippen LogP contribution in [0, 0.1) is 5.82 Å². The molecule has 0 radical (unpaired) electrons. The van der Waals surface area contributed by atoms with E-state index in [0.29, 0.717) is 25.2 Å². The van der Waals surface area contributed by atoms with Crippen molar-refractivity contribution < 1.29 is 17.5 Å². The highest BCUT2D eigenvalue weighted by Crippen LogP contribution is 2.20. The molecule has 1 aromatic carbocycles. The fourth-order valence-corrected chi connectivity index (χ4v) is 1.89. The van der Waals surface area contributed by atoms with E-state index >= 15 is 0 Å². The largest absolute Gasteiger partial charge is 0.493 e. The smallest absolute Gasteiger partial charge is 0.209 e. The molecule has 0 saturated heterocycles. The Morgan fingerprint density at radius 3 is 2.65 bits per heavy atom. The van der Waals surface area contributed by atoms with Crippen molar-refractivity contribution in [3.8, 4) is 5.75 Å². The van der Waals surface area contributed by atoms with Crippen molar-refractivity contribution >= 4 is 21.6 Å². The Labute approximate surface area is 105 Å². The van der Waals surface area contributed by atoms with Gasteiger partial charge in [-0.3, -0.25) is 0 Å². The fraction of sp³-hybridized carbons (Fsp3) is 0.400. The van der Waals surface area contributed by atoms with Crippen LogP contribution in [-0.2, 0) is 10.0 Å². The van der Waals surface area contributed by atoms with Gasteiger partial charge in [0.25, 0.3) is 0 Å². The number of sulfonamides is 1. The van der Waals surface area contributed by atoms with Gasteiger partial charge in [0.15, 0.2) is 0 Å². The molecule has 4 nitrogen and oxygen atoms in total. The first-order chi connectivity index (χ1) is 7.88. The predicted octanol–water partition coefficient (Wildman–Crippen LogP) is 1.93. The van der Waals surface area contributed by atoms with Crippen molar-refractivity contribution in [3.63, 3.8) is 0 Å². The third kappa shape index (κ3) is 5.86. The van der Waals surface area contributed by atoms with Gasteiger partial charge in [-0.05, 0) is 25.0 Å². The number of benzene rings is 1. The number of hydrogen-bond acceptors (Lipinski definition) is 3. The van der Waals surface area contributed by atoms with Gasteiger partial charge in [0.05, 0.1) is 17.4 Å². The maximum Gasteiger partial charge on any atom is 0.209 e. The lowest BCUT2D eigenvalue weighted by molar-refractivity contribution is 0.308. The second-order valence-corrected chi connectivity index (χ2v) is 5.64. The molecular formula is C10H13ClFNO3S. The molecule has 0 fully saturated rings. The van der Waals surface area contributed by atoms with Crippen LogP contribution in [0.15, 0.2) is 18.2 Å². The van der Waals surface area contributed by atoms with Gasteiger partial charge in [0.2, 0.25) is 10.0 Å². The van der Waals surface area contributed by atoms with Crippen molar-refractivity contribution in [1.82, 2.24) is 0 Å². The van der Waals surface area contributed by atoms with E-state index in [0.717, 1.165) is 0 Å². The number of unbranched alkanes of at least 4 members (excludes halogenated alkanes) is 1. The van der Waals surface area contributed by atoms with Crippen LogP contribution in [0.5, 0.6) is 5.75 Å². The zero-order chi connectivity index (χ0) is 12.9. The predicted molar refractivity (Wildman–Crippen MR) is 64.1 cm³/mol. The molecule has 0 bridgehead atoms. The quantitative estimate of drug-likeness (QED) is 0.810. The average Bonchev–Trinajstić information content (AvgIpc) is 2.21. The van der Waals surface area contributed by atoms with Crippen LogP contribution in [0.25, 0.3) is 0 Å². The normalized spacial score (nSPS) is 11.5. The van der Waals surface area contributed by atoms with Crippen LogP contribution in [0.3, 0.4) is 0 Å². The lowest BCUT2D eigenvalue weighted by Crippen LogP contribution is -2.16. The molecule has 96 valence electrons. The third-order valence-electron chi connectivity index (χ3n) is 1.98. The van der Waals surface area contributed by atoms with Gasteiger partial charge in [0.1, 0.15) is 11.6 Å². The Kier molecular flexibility index (Phi) is 5.17. The number of hydrogen-bond donors (Lipinski definition) is 1. The Morgan fingerprint density at radius 1 is 1.35 bits per heavy atom. The first-order valence-electron chi connectivity index (χ1n) is 4.97. The minimum absolute atomic E-state index is 0.0339. The van der Waals surface area contributed by atoms with E-state index in [4.69, 9.17) is 21.5 Å². The number of nitrogens with two attached hydrogens (primary N) is 1. The summed E-state index contributed by atoms with van der Waals surface area (Å²) in [4.78, 5) is 0. The number of primary sulfonamides is 1. The molecular weight excluding hydrogens is 269 g/mol. The molecule has 17 heavy (non-hydrogen) atoms. The first-order valence-corrected chi connectivity index (χ1v) is 7.06. The van der Waals surface area contributed by atoms with Gasteiger partial charge >= 0.3 is 0 Å². The minimum Gasteiger partial charge on any atom is -0.493 e. The molecule has 0 aliphatic carbocycles. The highest BCUT2D eigenvalue weighted by atomic mass is 35.5. The van der Waals surface area contributed by atoms with Gasteiger partial charge in [-0.15, -0.1) is 0 Å². The second kappa shape index (κ2) is 6.18. The van der Waals surface area contributed by atoms with Crippen molar-refractivity contribution in [3.05, 3.63) is 29.0 Å². The Hall–Kier alpha value is -0.850. The second-order valence-electron chi connectivity index (χ2n) is 3.50. The van der Waals surface area contributed by atoms with Gasteiger partial charge in [-0.2, -0.15) is 0 Å².